The number of nitrogens with zero attached hydrogens (tertiary/aromatic N) is 1. The number of rotatable bonds is 6. The molecule has 1 heterocycles. The van der Waals surface area contributed by atoms with Gasteiger partial charge in [-0.1, -0.05) is 23.7 Å². The van der Waals surface area contributed by atoms with Crippen molar-refractivity contribution < 1.29 is 22.0 Å². The van der Waals surface area contributed by atoms with Crippen LogP contribution in [-0.2, 0) is 10.0 Å². The van der Waals surface area contributed by atoms with E-state index in [9.17, 15) is 26.8 Å². The topological polar surface area (TPSA) is 125 Å². The fraction of sp³-hybridized carbons (Fsp3) is 0.200. The number of carbonyl (C=O) groups excluding carboxylic acids is 1. The van der Waals surface area contributed by atoms with Gasteiger partial charge >= 0.3 is 6.03 Å². The van der Waals surface area contributed by atoms with Gasteiger partial charge in [-0.2, -0.15) is 0 Å². The minimum Gasteiger partial charge on any atom is -0.328 e. The summed E-state index contributed by atoms with van der Waals surface area (Å²) in [5.41, 5.74) is -0.0945. The summed E-state index contributed by atoms with van der Waals surface area (Å²) in [6.07, 6.45) is 1.33. The molecular formula is C20H19ClF2N4O4S. The van der Waals surface area contributed by atoms with Crippen LogP contribution < -0.4 is 16.0 Å². The molecule has 8 nitrogen and oxygen atoms in total. The molecule has 4 N–H and O–H groups in total. The van der Waals surface area contributed by atoms with Gasteiger partial charge in [-0.25, -0.2) is 27.1 Å². The van der Waals surface area contributed by atoms with Crippen LogP contribution in [0.3, 0.4) is 0 Å². The van der Waals surface area contributed by atoms with Crippen LogP contribution in [0.4, 0.5) is 19.3 Å². The lowest BCUT2D eigenvalue weighted by atomic mass is 10.0. The molecule has 0 saturated carbocycles. The Morgan fingerprint density at radius 3 is 2.62 bits per heavy atom. The summed E-state index contributed by atoms with van der Waals surface area (Å²) in [7, 11) is -3.92. The largest absolute Gasteiger partial charge is 0.328 e. The maximum atomic E-state index is 14.3. The van der Waals surface area contributed by atoms with Gasteiger partial charge in [0, 0.05) is 18.4 Å². The molecular weight excluding hydrogens is 466 g/mol. The van der Waals surface area contributed by atoms with Gasteiger partial charge in [-0.05, 0) is 42.1 Å². The normalized spacial score (nSPS) is 12.5. The quantitative estimate of drug-likeness (QED) is 0.496. The first-order valence-electron chi connectivity index (χ1n) is 9.31. The predicted octanol–water partition coefficient (Wildman–Crippen LogP) is 3.34. The maximum Gasteiger partial charge on any atom is 0.322 e. The number of carbonyl (C=O) groups is 1. The third-order valence-corrected chi connectivity index (χ3v) is 5.92. The molecule has 2 amide bonds. The second-order valence-electron chi connectivity index (χ2n) is 7.03. The Bertz CT molecular complexity index is 1350. The van der Waals surface area contributed by atoms with Crippen molar-refractivity contribution in [1.29, 1.82) is 0 Å². The summed E-state index contributed by atoms with van der Waals surface area (Å²) in [5, 5.41) is 7.49. The lowest BCUT2D eigenvalue weighted by molar-refractivity contribution is 0.197. The lowest BCUT2D eigenvalue weighted by Crippen LogP contribution is -2.41. The van der Waals surface area contributed by atoms with Gasteiger partial charge in [0.1, 0.15) is 11.6 Å². The number of aromatic amines is 1. The van der Waals surface area contributed by atoms with E-state index in [0.717, 1.165) is 17.0 Å². The highest BCUT2D eigenvalue weighted by Gasteiger charge is 2.25. The molecule has 0 aliphatic rings. The molecule has 2 aromatic carbocycles. The fourth-order valence-electron chi connectivity index (χ4n) is 3.27. The van der Waals surface area contributed by atoms with E-state index in [1.165, 1.54) is 30.5 Å². The van der Waals surface area contributed by atoms with E-state index in [1.54, 1.807) is 6.92 Å². The number of pyridine rings is 1. The summed E-state index contributed by atoms with van der Waals surface area (Å²) in [4.78, 5) is 28.7. The van der Waals surface area contributed by atoms with Crippen LogP contribution in [-0.4, -0.2) is 36.6 Å². The zero-order chi connectivity index (χ0) is 23.6. The average Bonchev–Trinajstić information content (AvgIpc) is 2.70. The van der Waals surface area contributed by atoms with Gasteiger partial charge in [0.05, 0.1) is 22.2 Å². The van der Waals surface area contributed by atoms with Gasteiger partial charge in [0.15, 0.2) is 0 Å². The van der Waals surface area contributed by atoms with Crippen molar-refractivity contribution in [2.75, 3.05) is 17.6 Å². The number of fused-ring (bicyclic) bond motifs is 1. The Labute approximate surface area is 187 Å². The van der Waals surface area contributed by atoms with Gasteiger partial charge < -0.3 is 15.2 Å². The highest BCUT2D eigenvalue weighted by molar-refractivity contribution is 7.89. The van der Waals surface area contributed by atoms with E-state index in [1.807, 2.05) is 0 Å². The Balaban J connectivity index is 2.01. The van der Waals surface area contributed by atoms with Gasteiger partial charge in [-0.15, -0.1) is 0 Å². The number of nitrogens with two attached hydrogens (primary N) is 1. The van der Waals surface area contributed by atoms with E-state index >= 15 is 0 Å². The third-order valence-electron chi connectivity index (χ3n) is 4.88. The summed E-state index contributed by atoms with van der Waals surface area (Å²) in [6, 6.07) is 6.07. The molecule has 0 spiro atoms. The van der Waals surface area contributed by atoms with Crippen LogP contribution in [0.5, 0.6) is 0 Å². The van der Waals surface area contributed by atoms with E-state index in [0.29, 0.717) is 5.56 Å². The summed E-state index contributed by atoms with van der Waals surface area (Å²) < 4.78 is 50.7. The molecule has 32 heavy (non-hydrogen) atoms. The molecule has 0 unspecified atom stereocenters. The number of aromatic nitrogens is 1. The van der Waals surface area contributed by atoms with E-state index in [-0.39, 0.29) is 28.0 Å². The summed E-state index contributed by atoms with van der Waals surface area (Å²) in [6.45, 7) is 1.27. The predicted molar refractivity (Wildman–Crippen MR) is 118 cm³/mol. The van der Waals surface area contributed by atoms with Gasteiger partial charge in [0.25, 0.3) is 5.56 Å². The fourth-order valence-corrected chi connectivity index (χ4v) is 3.90. The molecule has 1 atom stereocenters. The number of hydrogen-bond donors (Lipinski definition) is 3. The van der Waals surface area contributed by atoms with E-state index in [2.05, 4.69) is 10.3 Å². The molecule has 170 valence electrons. The molecule has 1 aromatic heterocycles. The van der Waals surface area contributed by atoms with Crippen molar-refractivity contribution in [3.05, 3.63) is 75.2 Å². The Morgan fingerprint density at radius 1 is 1.25 bits per heavy atom. The number of urea groups is 1. The van der Waals surface area contributed by atoms with Crippen LogP contribution in [0.1, 0.15) is 18.5 Å². The highest BCUT2D eigenvalue weighted by atomic mass is 35.5. The number of anilines is 1. The number of benzene rings is 2. The van der Waals surface area contributed by atoms with Crippen LogP contribution in [0, 0.1) is 11.6 Å². The molecule has 0 aliphatic carbocycles. The van der Waals surface area contributed by atoms with Crippen molar-refractivity contribution >= 4 is 44.1 Å². The van der Waals surface area contributed by atoms with Crippen molar-refractivity contribution in [3.8, 4) is 0 Å². The van der Waals surface area contributed by atoms with E-state index in [4.69, 9.17) is 16.7 Å². The Hall–Kier alpha value is -3.02. The number of amides is 2. The minimum absolute atomic E-state index is 0.173. The van der Waals surface area contributed by atoms with Crippen molar-refractivity contribution in [2.24, 2.45) is 5.14 Å². The molecule has 0 fully saturated rings. The Morgan fingerprint density at radius 2 is 1.97 bits per heavy atom. The number of primary sulfonamides is 1. The van der Waals surface area contributed by atoms with Crippen LogP contribution in [0.2, 0.25) is 5.02 Å². The molecule has 0 saturated heterocycles. The van der Waals surface area contributed by atoms with E-state index < -0.39 is 45.0 Å². The first-order chi connectivity index (χ1) is 15.0. The SMILES string of the molecule is C[C@@H](c1c[nH]c(=O)c2c(F)cccc12)N(CCS(N)(=O)=O)C(=O)Nc1ccc(F)c(Cl)c1. The van der Waals surface area contributed by atoms with Gasteiger partial charge in [-0.3, -0.25) is 4.79 Å². The monoisotopic (exact) mass is 484 g/mol. The number of nitrogens with one attached hydrogen (secondary N) is 2. The number of sulfonamides is 1. The first-order valence-corrected chi connectivity index (χ1v) is 11.4. The summed E-state index contributed by atoms with van der Waals surface area (Å²) in [5.74, 6) is -1.96. The average molecular weight is 485 g/mol. The van der Waals surface area contributed by atoms with Gasteiger partial charge in [0.2, 0.25) is 10.0 Å². The molecule has 12 heteroatoms. The van der Waals surface area contributed by atoms with Crippen LogP contribution in [0.25, 0.3) is 10.8 Å². The minimum atomic E-state index is -3.92. The molecule has 0 bridgehead atoms. The van der Waals surface area contributed by atoms with Crippen LogP contribution >= 0.6 is 11.6 Å². The molecule has 0 radical (unpaired) electrons. The summed E-state index contributed by atoms with van der Waals surface area (Å²) >= 11 is 5.75. The highest BCUT2D eigenvalue weighted by Crippen LogP contribution is 2.28. The Kier molecular flexibility index (Phi) is 6.82. The van der Waals surface area contributed by atoms with Crippen LogP contribution in [0.15, 0.2) is 47.4 Å². The van der Waals surface area contributed by atoms with Crippen molar-refractivity contribution in [2.45, 2.75) is 13.0 Å². The van der Waals surface area contributed by atoms with Crippen molar-refractivity contribution in [3.63, 3.8) is 0 Å². The second kappa shape index (κ2) is 9.23. The third kappa shape index (κ3) is 5.23. The maximum absolute atomic E-state index is 14.3. The zero-order valence-corrected chi connectivity index (χ0v) is 18.3. The van der Waals surface area contributed by atoms with Crippen molar-refractivity contribution in [1.82, 2.24) is 9.88 Å². The number of H-pyrrole nitrogens is 1. The smallest absolute Gasteiger partial charge is 0.322 e. The first kappa shape index (κ1) is 23.6. The molecule has 3 aromatic rings. The lowest BCUT2D eigenvalue weighted by Gasteiger charge is -2.30. The number of hydrogen-bond acceptors (Lipinski definition) is 4. The zero-order valence-electron chi connectivity index (χ0n) is 16.7. The standard InChI is InChI=1S/C20H19ClF2N4O4S/c1-11(14-10-25-19(28)18-13(14)3-2-4-17(18)23)27(7-8-32(24,30)31)20(29)26-12-5-6-16(22)15(21)9-12/h2-6,9-11H,7-8H2,1H3,(H,25,28)(H,26,29)(H2,24,30,31)/t11-/m0/s1. The molecule has 0 aliphatic heterocycles. The molecule has 3 rings (SSSR count). The second-order valence-corrected chi connectivity index (χ2v) is 9.17. The number of halogens is 3.